The van der Waals surface area contributed by atoms with E-state index in [-0.39, 0.29) is 23.2 Å². The Morgan fingerprint density at radius 1 is 1.21 bits per heavy atom. The summed E-state index contributed by atoms with van der Waals surface area (Å²) in [6.45, 7) is 3.24. The van der Waals surface area contributed by atoms with Gasteiger partial charge in [0.25, 0.3) is 12.3 Å². The van der Waals surface area contributed by atoms with E-state index >= 15 is 0 Å². The average Bonchev–Trinajstić information content (AvgIpc) is 3.28. The van der Waals surface area contributed by atoms with Crippen molar-refractivity contribution in [2.75, 3.05) is 26.2 Å². The number of aromatic nitrogens is 3. The van der Waals surface area contributed by atoms with Crippen LogP contribution in [0.4, 0.5) is 8.78 Å². The summed E-state index contributed by atoms with van der Waals surface area (Å²) in [6, 6.07) is 6.73. The van der Waals surface area contributed by atoms with Gasteiger partial charge in [-0.25, -0.2) is 18.3 Å². The van der Waals surface area contributed by atoms with E-state index in [4.69, 9.17) is 4.42 Å². The number of furan rings is 1. The molecule has 0 atom stereocenters. The molecule has 2 fully saturated rings. The summed E-state index contributed by atoms with van der Waals surface area (Å²) >= 11 is 0. The number of nitrogens with zero attached hydrogens (tertiary/aromatic N) is 5. The van der Waals surface area contributed by atoms with Gasteiger partial charge in [0.2, 0.25) is 0 Å². The number of rotatable bonds is 5. The Kier molecular flexibility index (Phi) is 4.54. The van der Waals surface area contributed by atoms with Gasteiger partial charge in [-0.05, 0) is 31.0 Å². The van der Waals surface area contributed by atoms with Crippen LogP contribution in [0.1, 0.15) is 52.8 Å². The van der Waals surface area contributed by atoms with Crippen LogP contribution >= 0.6 is 0 Å². The lowest BCUT2D eigenvalue weighted by atomic mass is 10.2. The molecule has 0 spiro atoms. The van der Waals surface area contributed by atoms with Crippen LogP contribution in [0.25, 0.3) is 5.65 Å². The highest BCUT2D eigenvalue weighted by Gasteiger charge is 2.29. The number of carbonyl (C=O) groups is 1. The molecular weight excluding hydrogens is 380 g/mol. The third-order valence-corrected chi connectivity index (χ3v) is 5.53. The number of carbonyl (C=O) groups excluding carboxylic acids is 1. The van der Waals surface area contributed by atoms with Crippen molar-refractivity contribution in [3.05, 3.63) is 53.4 Å². The Labute approximate surface area is 165 Å². The molecule has 0 N–H and O–H groups in total. The van der Waals surface area contributed by atoms with Crippen LogP contribution in [0.3, 0.4) is 0 Å². The molecule has 29 heavy (non-hydrogen) atoms. The lowest BCUT2D eigenvalue weighted by molar-refractivity contribution is 0.0613. The smallest absolute Gasteiger partial charge is 0.280 e. The molecule has 2 aliphatic rings. The van der Waals surface area contributed by atoms with Crippen molar-refractivity contribution in [2.45, 2.75) is 31.7 Å². The Bertz CT molecular complexity index is 1020. The number of piperazine rings is 1. The number of amides is 1. The molecule has 3 aromatic heterocycles. The first-order chi connectivity index (χ1) is 14.1. The van der Waals surface area contributed by atoms with Gasteiger partial charge in [0.05, 0.1) is 12.8 Å². The van der Waals surface area contributed by atoms with Gasteiger partial charge in [-0.2, -0.15) is 5.10 Å². The first-order valence-electron chi connectivity index (χ1n) is 9.81. The van der Waals surface area contributed by atoms with Crippen molar-refractivity contribution in [2.24, 2.45) is 0 Å². The molecule has 1 aliphatic carbocycles. The Balaban J connectivity index is 1.33. The molecule has 0 bridgehead atoms. The SMILES string of the molecule is O=C(c1cc2nc(C3CC3)cc(C(F)F)n2n1)N1CCN(Cc2ccco2)CC1. The molecule has 152 valence electrons. The second kappa shape index (κ2) is 7.22. The van der Waals surface area contributed by atoms with Crippen molar-refractivity contribution in [1.82, 2.24) is 24.4 Å². The molecule has 1 saturated heterocycles. The number of hydrogen-bond donors (Lipinski definition) is 0. The first-order valence-corrected chi connectivity index (χ1v) is 9.81. The zero-order valence-electron chi connectivity index (χ0n) is 15.8. The monoisotopic (exact) mass is 401 g/mol. The van der Waals surface area contributed by atoms with Crippen molar-refractivity contribution in [3.8, 4) is 0 Å². The molecule has 1 aliphatic heterocycles. The quantitative estimate of drug-likeness (QED) is 0.657. The van der Waals surface area contributed by atoms with Gasteiger partial charge < -0.3 is 9.32 Å². The van der Waals surface area contributed by atoms with E-state index in [9.17, 15) is 13.6 Å². The van der Waals surface area contributed by atoms with Gasteiger partial charge in [0, 0.05) is 43.9 Å². The van der Waals surface area contributed by atoms with Gasteiger partial charge in [0.15, 0.2) is 11.3 Å². The van der Waals surface area contributed by atoms with Crippen molar-refractivity contribution >= 4 is 11.6 Å². The van der Waals surface area contributed by atoms with Crippen LogP contribution in [-0.2, 0) is 6.54 Å². The van der Waals surface area contributed by atoms with Crippen LogP contribution in [0, 0.1) is 0 Å². The molecule has 1 saturated carbocycles. The van der Waals surface area contributed by atoms with Gasteiger partial charge in [-0.1, -0.05) is 0 Å². The van der Waals surface area contributed by atoms with E-state index in [0.29, 0.717) is 44.1 Å². The second-order valence-corrected chi connectivity index (χ2v) is 7.63. The summed E-state index contributed by atoms with van der Waals surface area (Å²) in [4.78, 5) is 21.3. The summed E-state index contributed by atoms with van der Waals surface area (Å²) in [6.07, 6.45) is 0.905. The molecule has 4 heterocycles. The zero-order valence-corrected chi connectivity index (χ0v) is 15.8. The highest BCUT2D eigenvalue weighted by atomic mass is 19.3. The summed E-state index contributed by atoms with van der Waals surface area (Å²) in [5, 5.41) is 4.16. The number of fused-ring (bicyclic) bond motifs is 1. The molecular formula is C20H21F2N5O2. The van der Waals surface area contributed by atoms with Gasteiger partial charge in [0.1, 0.15) is 11.5 Å². The maximum absolute atomic E-state index is 13.5. The van der Waals surface area contributed by atoms with Crippen LogP contribution < -0.4 is 0 Å². The summed E-state index contributed by atoms with van der Waals surface area (Å²) in [7, 11) is 0. The minimum atomic E-state index is -2.68. The van der Waals surface area contributed by atoms with E-state index in [1.54, 1.807) is 11.2 Å². The minimum absolute atomic E-state index is 0.159. The van der Waals surface area contributed by atoms with E-state index in [0.717, 1.165) is 23.1 Å². The van der Waals surface area contributed by atoms with Gasteiger partial charge >= 0.3 is 0 Å². The molecule has 1 amide bonds. The van der Waals surface area contributed by atoms with E-state index in [2.05, 4.69) is 15.0 Å². The van der Waals surface area contributed by atoms with E-state index in [1.807, 2.05) is 12.1 Å². The Morgan fingerprint density at radius 2 is 2.00 bits per heavy atom. The zero-order chi connectivity index (χ0) is 20.0. The number of hydrogen-bond acceptors (Lipinski definition) is 5. The lowest BCUT2D eigenvalue weighted by Crippen LogP contribution is -2.48. The van der Waals surface area contributed by atoms with Gasteiger partial charge in [-0.15, -0.1) is 0 Å². The maximum Gasteiger partial charge on any atom is 0.280 e. The van der Waals surface area contributed by atoms with E-state index < -0.39 is 6.43 Å². The molecule has 0 aromatic carbocycles. The standard InChI is InChI=1S/C20H21F2N5O2/c21-19(22)17-10-15(13-3-4-13)23-18-11-16(24-27(17)18)20(28)26-7-5-25(6-8-26)12-14-2-1-9-29-14/h1-2,9-11,13,19H,3-8,12H2. The van der Waals surface area contributed by atoms with Crippen LogP contribution in [-0.4, -0.2) is 56.5 Å². The normalized spacial score (nSPS) is 18.1. The van der Waals surface area contributed by atoms with Crippen molar-refractivity contribution in [3.63, 3.8) is 0 Å². The van der Waals surface area contributed by atoms with Crippen molar-refractivity contribution in [1.29, 1.82) is 0 Å². The number of halogens is 2. The second-order valence-electron chi connectivity index (χ2n) is 7.63. The Hall–Kier alpha value is -2.81. The van der Waals surface area contributed by atoms with Crippen LogP contribution in [0.15, 0.2) is 34.9 Å². The largest absolute Gasteiger partial charge is 0.468 e. The fraction of sp³-hybridized carbons (Fsp3) is 0.450. The molecule has 0 radical (unpaired) electrons. The lowest BCUT2D eigenvalue weighted by Gasteiger charge is -2.33. The van der Waals surface area contributed by atoms with Crippen LogP contribution in [0.2, 0.25) is 0 Å². The molecule has 0 unspecified atom stereocenters. The number of alkyl halides is 2. The molecule has 3 aromatic rings. The molecule has 7 nitrogen and oxygen atoms in total. The molecule has 5 rings (SSSR count). The van der Waals surface area contributed by atoms with Gasteiger partial charge in [-0.3, -0.25) is 9.69 Å². The molecule has 9 heteroatoms. The predicted molar refractivity (Wildman–Crippen MR) is 99.8 cm³/mol. The predicted octanol–water partition coefficient (Wildman–Crippen LogP) is 3.10. The first kappa shape index (κ1) is 18.2. The fourth-order valence-corrected chi connectivity index (χ4v) is 3.76. The highest BCUT2D eigenvalue weighted by Crippen LogP contribution is 2.40. The fourth-order valence-electron chi connectivity index (χ4n) is 3.76. The summed E-state index contributed by atoms with van der Waals surface area (Å²) < 4.78 is 33.5. The third kappa shape index (κ3) is 3.62. The third-order valence-electron chi connectivity index (χ3n) is 5.53. The summed E-state index contributed by atoms with van der Waals surface area (Å²) in [5.74, 6) is 0.886. The minimum Gasteiger partial charge on any atom is -0.468 e. The van der Waals surface area contributed by atoms with E-state index in [1.165, 1.54) is 12.1 Å². The van der Waals surface area contributed by atoms with Crippen LogP contribution in [0.5, 0.6) is 0 Å². The van der Waals surface area contributed by atoms with Crippen molar-refractivity contribution < 1.29 is 18.0 Å². The Morgan fingerprint density at radius 3 is 2.66 bits per heavy atom. The maximum atomic E-state index is 13.5. The summed E-state index contributed by atoms with van der Waals surface area (Å²) in [5.41, 5.74) is 0.925. The average molecular weight is 401 g/mol. The topological polar surface area (TPSA) is 66.9 Å². The highest BCUT2D eigenvalue weighted by molar-refractivity contribution is 5.93.